The lowest BCUT2D eigenvalue weighted by Gasteiger charge is -2.45. The zero-order chi connectivity index (χ0) is 13.1. The monoisotopic (exact) mass is 259 g/mol. The topological polar surface area (TPSA) is 46.1 Å². The van der Waals surface area contributed by atoms with Crippen molar-refractivity contribution in [1.29, 1.82) is 0 Å². The molecular weight excluding hydrogens is 238 g/mol. The molecule has 3 rings (SSSR count). The second-order valence-corrected chi connectivity index (χ2v) is 6.01. The van der Waals surface area contributed by atoms with Crippen molar-refractivity contribution in [3.63, 3.8) is 0 Å². The molecule has 1 aromatic heterocycles. The van der Waals surface area contributed by atoms with Crippen LogP contribution in [-0.2, 0) is 4.79 Å². The summed E-state index contributed by atoms with van der Waals surface area (Å²) in [5.41, 5.74) is 0.491. The third-order valence-corrected chi connectivity index (χ3v) is 4.94. The quantitative estimate of drug-likeness (QED) is 0.765. The van der Waals surface area contributed by atoms with E-state index in [-0.39, 0.29) is 0 Å². The lowest BCUT2D eigenvalue weighted by Crippen LogP contribution is -2.42. The van der Waals surface area contributed by atoms with E-state index in [1.807, 2.05) is 18.5 Å². The molecule has 0 radical (unpaired) electrons. The number of aromatic nitrogens is 2. The van der Waals surface area contributed by atoms with Gasteiger partial charge in [0.15, 0.2) is 0 Å². The Morgan fingerprint density at radius 3 is 2.32 bits per heavy atom. The van der Waals surface area contributed by atoms with Crippen LogP contribution in [-0.4, -0.2) is 29.3 Å². The van der Waals surface area contributed by atoms with Crippen LogP contribution < -0.4 is 4.90 Å². The first-order chi connectivity index (χ1) is 9.31. The fraction of sp³-hybridized carbons (Fsp3) is 0.667. The normalized spacial score (nSPS) is 23.5. The molecule has 0 N–H and O–H groups in total. The molecule has 2 heterocycles. The molecule has 1 saturated heterocycles. The number of carbonyl (C=O) groups is 1. The maximum absolute atomic E-state index is 10.8. The molecule has 1 aromatic rings. The van der Waals surface area contributed by atoms with E-state index in [9.17, 15) is 4.79 Å². The predicted molar refractivity (Wildman–Crippen MR) is 73.9 cm³/mol. The number of aldehydes is 1. The Morgan fingerprint density at radius 2 is 1.74 bits per heavy atom. The number of nitrogens with zero attached hydrogens (tertiary/aromatic N) is 3. The first-order valence-electron chi connectivity index (χ1n) is 7.29. The smallest absolute Gasteiger partial charge is 0.225 e. The molecule has 4 nitrogen and oxygen atoms in total. The highest BCUT2D eigenvalue weighted by atomic mass is 16.1. The van der Waals surface area contributed by atoms with Gasteiger partial charge in [0.2, 0.25) is 5.95 Å². The maximum Gasteiger partial charge on any atom is 0.225 e. The van der Waals surface area contributed by atoms with Gasteiger partial charge in [-0.15, -0.1) is 0 Å². The van der Waals surface area contributed by atoms with E-state index in [1.54, 1.807) is 0 Å². The van der Waals surface area contributed by atoms with Crippen molar-refractivity contribution in [2.24, 2.45) is 11.3 Å². The minimum Gasteiger partial charge on any atom is -0.341 e. The zero-order valence-electron chi connectivity index (χ0n) is 11.3. The number of carbonyl (C=O) groups excluding carboxylic acids is 1. The fourth-order valence-electron chi connectivity index (χ4n) is 3.52. The van der Waals surface area contributed by atoms with Gasteiger partial charge in [-0.2, -0.15) is 0 Å². The summed E-state index contributed by atoms with van der Waals surface area (Å²) in [6.07, 6.45) is 11.8. The van der Waals surface area contributed by atoms with Crippen molar-refractivity contribution < 1.29 is 4.79 Å². The molecule has 1 spiro atoms. The van der Waals surface area contributed by atoms with Gasteiger partial charge in [-0.3, -0.25) is 0 Å². The first-order valence-corrected chi connectivity index (χ1v) is 7.29. The van der Waals surface area contributed by atoms with Crippen LogP contribution in [0, 0.1) is 11.3 Å². The van der Waals surface area contributed by atoms with Crippen LogP contribution in [0.3, 0.4) is 0 Å². The van der Waals surface area contributed by atoms with E-state index in [4.69, 9.17) is 0 Å². The average Bonchev–Trinajstić information content (AvgIpc) is 2.50. The van der Waals surface area contributed by atoms with Gasteiger partial charge in [0, 0.05) is 31.4 Å². The predicted octanol–water partition coefficient (Wildman–Crippen LogP) is 2.45. The van der Waals surface area contributed by atoms with Crippen molar-refractivity contribution in [3.8, 4) is 0 Å². The summed E-state index contributed by atoms with van der Waals surface area (Å²) in [5, 5.41) is 0. The van der Waals surface area contributed by atoms with Gasteiger partial charge >= 0.3 is 0 Å². The van der Waals surface area contributed by atoms with Gasteiger partial charge in [0.05, 0.1) is 0 Å². The van der Waals surface area contributed by atoms with Crippen molar-refractivity contribution in [2.75, 3.05) is 18.0 Å². The van der Waals surface area contributed by atoms with Crippen LogP contribution >= 0.6 is 0 Å². The minimum absolute atomic E-state index is 0.320. The summed E-state index contributed by atoms with van der Waals surface area (Å²) in [5.74, 6) is 1.18. The van der Waals surface area contributed by atoms with E-state index in [0.717, 1.165) is 38.2 Å². The Kier molecular flexibility index (Phi) is 3.49. The summed E-state index contributed by atoms with van der Waals surface area (Å²) in [6.45, 7) is 2.10. The molecule has 2 fully saturated rings. The van der Waals surface area contributed by atoms with Gasteiger partial charge in [-0.25, -0.2) is 9.97 Å². The summed E-state index contributed by atoms with van der Waals surface area (Å²) < 4.78 is 0. The summed E-state index contributed by atoms with van der Waals surface area (Å²) in [4.78, 5) is 21.8. The lowest BCUT2D eigenvalue weighted by atomic mass is 9.66. The average molecular weight is 259 g/mol. The molecule has 0 atom stereocenters. The third-order valence-electron chi connectivity index (χ3n) is 4.94. The molecule has 2 aliphatic rings. The molecule has 1 saturated carbocycles. The largest absolute Gasteiger partial charge is 0.341 e. The molecule has 102 valence electrons. The number of hydrogen-bond acceptors (Lipinski definition) is 4. The molecule has 0 amide bonds. The van der Waals surface area contributed by atoms with Crippen LogP contribution in [0.1, 0.15) is 38.5 Å². The highest BCUT2D eigenvalue weighted by Crippen LogP contribution is 2.46. The SMILES string of the molecule is O=CC1CCC2(CC1)CCN(c1ncccn1)CC2. The lowest BCUT2D eigenvalue weighted by molar-refractivity contribution is -0.112. The summed E-state index contributed by atoms with van der Waals surface area (Å²) >= 11 is 0. The Hall–Kier alpha value is -1.45. The highest BCUT2D eigenvalue weighted by molar-refractivity contribution is 5.53. The van der Waals surface area contributed by atoms with E-state index < -0.39 is 0 Å². The Morgan fingerprint density at radius 1 is 1.11 bits per heavy atom. The van der Waals surface area contributed by atoms with Crippen LogP contribution in [0.4, 0.5) is 5.95 Å². The molecule has 19 heavy (non-hydrogen) atoms. The first kappa shape index (κ1) is 12.6. The highest BCUT2D eigenvalue weighted by Gasteiger charge is 2.38. The zero-order valence-corrected chi connectivity index (χ0v) is 11.3. The van der Waals surface area contributed by atoms with E-state index >= 15 is 0 Å². The maximum atomic E-state index is 10.8. The molecule has 0 aromatic carbocycles. The standard InChI is InChI=1S/C15H21N3O/c19-12-13-2-4-15(5-3-13)6-10-18(11-7-15)14-16-8-1-9-17-14/h1,8-9,12-13H,2-7,10-11H2. The van der Waals surface area contributed by atoms with Crippen LogP contribution in [0.2, 0.25) is 0 Å². The minimum atomic E-state index is 0.320. The number of rotatable bonds is 2. The van der Waals surface area contributed by atoms with Gasteiger partial charge in [0.25, 0.3) is 0 Å². The molecule has 0 unspecified atom stereocenters. The molecule has 1 aliphatic heterocycles. The van der Waals surface area contributed by atoms with Crippen molar-refractivity contribution in [3.05, 3.63) is 18.5 Å². The number of anilines is 1. The van der Waals surface area contributed by atoms with E-state index in [0.29, 0.717) is 11.3 Å². The van der Waals surface area contributed by atoms with Crippen molar-refractivity contribution >= 4 is 12.2 Å². The molecular formula is C15H21N3O. The Labute approximate surface area is 114 Å². The van der Waals surface area contributed by atoms with E-state index in [1.165, 1.54) is 25.7 Å². The second-order valence-electron chi connectivity index (χ2n) is 6.01. The Balaban J connectivity index is 1.59. The van der Waals surface area contributed by atoms with Gasteiger partial charge in [0.1, 0.15) is 6.29 Å². The van der Waals surface area contributed by atoms with Crippen LogP contribution in [0.5, 0.6) is 0 Å². The third kappa shape index (κ3) is 2.62. The van der Waals surface area contributed by atoms with Crippen molar-refractivity contribution in [2.45, 2.75) is 38.5 Å². The van der Waals surface area contributed by atoms with Gasteiger partial charge in [-0.1, -0.05) is 0 Å². The molecule has 0 bridgehead atoms. The second kappa shape index (κ2) is 5.27. The van der Waals surface area contributed by atoms with Crippen LogP contribution in [0.25, 0.3) is 0 Å². The van der Waals surface area contributed by atoms with Crippen molar-refractivity contribution in [1.82, 2.24) is 9.97 Å². The number of piperidine rings is 1. The van der Waals surface area contributed by atoms with Gasteiger partial charge < -0.3 is 9.69 Å². The summed E-state index contributed by atoms with van der Waals surface area (Å²) in [7, 11) is 0. The fourth-order valence-corrected chi connectivity index (χ4v) is 3.52. The van der Waals surface area contributed by atoms with E-state index in [2.05, 4.69) is 14.9 Å². The summed E-state index contributed by atoms with van der Waals surface area (Å²) in [6, 6.07) is 1.86. The Bertz CT molecular complexity index is 416. The number of hydrogen-bond donors (Lipinski definition) is 0. The van der Waals surface area contributed by atoms with Gasteiger partial charge in [-0.05, 0) is 50.0 Å². The molecule has 1 aliphatic carbocycles. The van der Waals surface area contributed by atoms with Crippen LogP contribution in [0.15, 0.2) is 18.5 Å². The molecule has 4 heteroatoms.